The molecule has 0 unspecified atom stereocenters. The van der Waals surface area contributed by atoms with Crippen LogP contribution in [0.15, 0.2) is 24.3 Å². The van der Waals surface area contributed by atoms with Crippen LogP contribution in [0.5, 0.6) is 0 Å². The fraction of sp³-hybridized carbons (Fsp3) is 0.556. The molecule has 0 atom stereocenters. The summed E-state index contributed by atoms with van der Waals surface area (Å²) in [6, 6.07) is 7.55. The van der Waals surface area contributed by atoms with E-state index in [4.69, 9.17) is 0 Å². The van der Waals surface area contributed by atoms with Gasteiger partial charge >= 0.3 is 0 Å². The first kappa shape index (κ1) is 15.7. The summed E-state index contributed by atoms with van der Waals surface area (Å²) >= 11 is 0. The van der Waals surface area contributed by atoms with Gasteiger partial charge in [0.05, 0.1) is 0 Å². The Kier molecular flexibility index (Phi) is 3.96. The van der Waals surface area contributed by atoms with Crippen LogP contribution in [0.25, 0.3) is 0 Å². The fourth-order valence-corrected chi connectivity index (χ4v) is 3.65. The number of Topliss-reactive ketones (excluding diaryl/α,β-unsaturated/α-hetero) is 1. The molecule has 3 heteroatoms. The molecule has 1 fully saturated rings. The van der Waals surface area contributed by atoms with Gasteiger partial charge in [0.2, 0.25) is 0 Å². The van der Waals surface area contributed by atoms with Gasteiger partial charge in [-0.2, -0.15) is 0 Å². The van der Waals surface area contributed by atoms with E-state index < -0.39 is 0 Å². The Morgan fingerprint density at radius 2 is 1.52 bits per heavy atom. The van der Waals surface area contributed by atoms with Crippen molar-refractivity contribution < 1.29 is 9.59 Å². The fourth-order valence-electron chi connectivity index (χ4n) is 3.65. The summed E-state index contributed by atoms with van der Waals surface area (Å²) in [6.45, 7) is 10.2. The van der Waals surface area contributed by atoms with E-state index in [2.05, 4.69) is 33.0 Å². The Labute approximate surface area is 127 Å². The Hall–Kier alpha value is -1.64. The van der Waals surface area contributed by atoms with Crippen LogP contribution in [0.3, 0.4) is 0 Å². The lowest BCUT2D eigenvalue weighted by Gasteiger charge is -2.48. The second-order valence-electron chi connectivity index (χ2n) is 7.64. The molecular weight excluding hydrogens is 262 g/mol. The second kappa shape index (κ2) is 5.28. The van der Waals surface area contributed by atoms with Gasteiger partial charge in [0.25, 0.3) is 5.91 Å². The molecule has 0 saturated heterocycles. The monoisotopic (exact) mass is 287 g/mol. The molecule has 0 heterocycles. The minimum absolute atomic E-state index is 0.0171. The van der Waals surface area contributed by atoms with Gasteiger partial charge in [-0.25, -0.2) is 0 Å². The Bertz CT molecular complexity index is 535. The minimum Gasteiger partial charge on any atom is -0.348 e. The van der Waals surface area contributed by atoms with Crippen molar-refractivity contribution in [2.45, 2.75) is 53.5 Å². The number of carbonyl (C=O) groups excluding carboxylic acids is 2. The third-order valence-electron chi connectivity index (χ3n) is 4.46. The average molecular weight is 287 g/mol. The molecule has 2 rings (SSSR count). The first-order chi connectivity index (χ1) is 9.62. The highest BCUT2D eigenvalue weighted by atomic mass is 16.2. The molecular formula is C18H25NO2. The van der Waals surface area contributed by atoms with Crippen molar-refractivity contribution in [1.82, 2.24) is 5.32 Å². The molecule has 21 heavy (non-hydrogen) atoms. The molecule has 1 aliphatic carbocycles. The standard InChI is InChI=1S/C18H25NO2/c1-12-6-8-13(9-7-12)15(21)19-16-17(2,3)10-14(20)11-18(16,4)5/h6-9,16H,10-11H2,1-5H3,(H,19,21). The molecule has 0 aromatic heterocycles. The van der Waals surface area contributed by atoms with E-state index in [1.807, 2.05) is 31.2 Å². The summed E-state index contributed by atoms with van der Waals surface area (Å²) in [5.41, 5.74) is 1.36. The van der Waals surface area contributed by atoms with E-state index in [0.717, 1.165) is 5.56 Å². The summed E-state index contributed by atoms with van der Waals surface area (Å²) in [6.07, 6.45) is 1.05. The van der Waals surface area contributed by atoms with Gasteiger partial charge < -0.3 is 5.32 Å². The Morgan fingerprint density at radius 3 is 2.00 bits per heavy atom. The second-order valence-corrected chi connectivity index (χ2v) is 7.64. The summed E-state index contributed by atoms with van der Waals surface area (Å²) < 4.78 is 0. The zero-order valence-corrected chi connectivity index (χ0v) is 13.6. The Morgan fingerprint density at radius 1 is 1.05 bits per heavy atom. The summed E-state index contributed by atoms with van der Waals surface area (Å²) in [4.78, 5) is 24.4. The molecule has 0 bridgehead atoms. The number of amides is 1. The largest absolute Gasteiger partial charge is 0.348 e. The number of carbonyl (C=O) groups is 2. The zero-order chi connectivity index (χ0) is 15.8. The quantitative estimate of drug-likeness (QED) is 0.904. The van der Waals surface area contributed by atoms with Gasteiger partial charge in [0.15, 0.2) is 0 Å². The maximum atomic E-state index is 12.5. The number of benzene rings is 1. The number of nitrogens with one attached hydrogen (secondary N) is 1. The van der Waals surface area contributed by atoms with Gasteiger partial charge in [0, 0.05) is 24.4 Å². The lowest BCUT2D eigenvalue weighted by molar-refractivity contribution is -0.129. The van der Waals surface area contributed by atoms with E-state index in [0.29, 0.717) is 18.4 Å². The molecule has 1 aromatic carbocycles. The molecule has 114 valence electrons. The van der Waals surface area contributed by atoms with Crippen molar-refractivity contribution in [3.63, 3.8) is 0 Å². The van der Waals surface area contributed by atoms with E-state index in [-0.39, 0.29) is 28.6 Å². The molecule has 1 aliphatic rings. The third-order valence-corrected chi connectivity index (χ3v) is 4.46. The highest BCUT2D eigenvalue weighted by molar-refractivity contribution is 5.94. The van der Waals surface area contributed by atoms with Crippen molar-refractivity contribution in [3.8, 4) is 0 Å². The van der Waals surface area contributed by atoms with Crippen LogP contribution in [-0.2, 0) is 4.79 Å². The van der Waals surface area contributed by atoms with Crippen molar-refractivity contribution in [2.24, 2.45) is 10.8 Å². The van der Waals surface area contributed by atoms with E-state index in [1.54, 1.807) is 0 Å². The van der Waals surface area contributed by atoms with E-state index >= 15 is 0 Å². The van der Waals surface area contributed by atoms with Gasteiger partial charge in [-0.3, -0.25) is 9.59 Å². The maximum Gasteiger partial charge on any atom is 0.251 e. The predicted octanol–water partition coefficient (Wildman–Crippen LogP) is 3.51. The van der Waals surface area contributed by atoms with Gasteiger partial charge in [0.1, 0.15) is 5.78 Å². The molecule has 1 N–H and O–H groups in total. The third kappa shape index (κ3) is 3.34. The highest BCUT2D eigenvalue weighted by Gasteiger charge is 2.47. The molecule has 3 nitrogen and oxygen atoms in total. The summed E-state index contributed by atoms with van der Waals surface area (Å²) in [5, 5.41) is 3.16. The van der Waals surface area contributed by atoms with Gasteiger partial charge in [-0.05, 0) is 29.9 Å². The van der Waals surface area contributed by atoms with E-state index in [9.17, 15) is 9.59 Å². The normalized spacial score (nSPS) is 21.1. The summed E-state index contributed by atoms with van der Waals surface area (Å²) in [7, 11) is 0. The number of ketones is 1. The Balaban J connectivity index is 2.22. The van der Waals surface area contributed by atoms with Crippen LogP contribution in [-0.4, -0.2) is 17.7 Å². The predicted molar refractivity (Wildman–Crippen MR) is 84.2 cm³/mol. The van der Waals surface area contributed by atoms with Crippen LogP contribution in [0, 0.1) is 17.8 Å². The molecule has 0 spiro atoms. The zero-order valence-electron chi connectivity index (χ0n) is 13.6. The smallest absolute Gasteiger partial charge is 0.251 e. The average Bonchev–Trinajstić information content (AvgIpc) is 2.33. The SMILES string of the molecule is Cc1ccc(C(=O)NC2C(C)(C)CC(=O)CC2(C)C)cc1. The first-order valence-electron chi connectivity index (χ1n) is 7.51. The number of hydrogen-bond acceptors (Lipinski definition) is 2. The van der Waals surface area contributed by atoms with E-state index in [1.165, 1.54) is 0 Å². The van der Waals surface area contributed by atoms with Crippen LogP contribution >= 0.6 is 0 Å². The molecule has 1 amide bonds. The molecule has 0 radical (unpaired) electrons. The van der Waals surface area contributed by atoms with Gasteiger partial charge in [-0.1, -0.05) is 45.4 Å². The van der Waals surface area contributed by atoms with Crippen molar-refractivity contribution in [2.75, 3.05) is 0 Å². The van der Waals surface area contributed by atoms with Crippen molar-refractivity contribution in [1.29, 1.82) is 0 Å². The summed E-state index contributed by atoms with van der Waals surface area (Å²) in [5.74, 6) is 0.223. The number of hydrogen-bond donors (Lipinski definition) is 1. The highest BCUT2D eigenvalue weighted by Crippen LogP contribution is 2.44. The first-order valence-corrected chi connectivity index (χ1v) is 7.51. The number of aryl methyl sites for hydroxylation is 1. The minimum atomic E-state index is -0.223. The van der Waals surface area contributed by atoms with Crippen molar-refractivity contribution in [3.05, 3.63) is 35.4 Å². The lowest BCUT2D eigenvalue weighted by Crippen LogP contribution is -2.57. The molecule has 1 saturated carbocycles. The topological polar surface area (TPSA) is 46.2 Å². The van der Waals surface area contributed by atoms with Crippen LogP contribution in [0.1, 0.15) is 56.5 Å². The van der Waals surface area contributed by atoms with Crippen LogP contribution in [0.2, 0.25) is 0 Å². The maximum absolute atomic E-state index is 12.5. The van der Waals surface area contributed by atoms with Crippen molar-refractivity contribution >= 4 is 11.7 Å². The van der Waals surface area contributed by atoms with Gasteiger partial charge in [-0.15, -0.1) is 0 Å². The number of rotatable bonds is 2. The molecule has 1 aromatic rings. The van der Waals surface area contributed by atoms with Crippen LogP contribution < -0.4 is 5.32 Å². The molecule has 0 aliphatic heterocycles. The lowest BCUT2D eigenvalue weighted by atomic mass is 9.61. The van der Waals surface area contributed by atoms with Crippen LogP contribution in [0.4, 0.5) is 0 Å².